The summed E-state index contributed by atoms with van der Waals surface area (Å²) in [5.74, 6) is -0.322. The predicted octanol–water partition coefficient (Wildman–Crippen LogP) is 4.51. The van der Waals surface area contributed by atoms with Crippen LogP contribution < -0.4 is 0 Å². The molecule has 0 aliphatic heterocycles. The highest BCUT2D eigenvalue weighted by molar-refractivity contribution is 5.89. The van der Waals surface area contributed by atoms with Gasteiger partial charge in [0, 0.05) is 0 Å². The number of aldehydes is 1. The highest BCUT2D eigenvalue weighted by atomic mass is 16.6. The molecule has 0 fully saturated rings. The summed E-state index contributed by atoms with van der Waals surface area (Å²) in [7, 11) is 0. The molecule has 31 heavy (non-hydrogen) atoms. The minimum absolute atomic E-state index is 0.188. The van der Waals surface area contributed by atoms with Crippen LogP contribution in [0.3, 0.4) is 0 Å². The fourth-order valence-corrected chi connectivity index (χ4v) is 3.22. The normalized spacial score (nSPS) is 13.6. The molecule has 0 aliphatic carbocycles. The van der Waals surface area contributed by atoms with Gasteiger partial charge in [0.05, 0.1) is 18.3 Å². The summed E-state index contributed by atoms with van der Waals surface area (Å²) >= 11 is 0. The Morgan fingerprint density at radius 1 is 0.903 bits per heavy atom. The van der Waals surface area contributed by atoms with Crippen molar-refractivity contribution in [1.29, 1.82) is 0 Å². The number of hydrogen-bond donors (Lipinski definition) is 0. The van der Waals surface area contributed by atoms with Crippen molar-refractivity contribution in [2.75, 3.05) is 0 Å². The SMILES string of the molecule is C[C@@H](CCCCC[C@@H](OC=O)[C@@H](C=O)OCc1ccccc1)OC(=O)c1ccccc1. The molecule has 2 rings (SSSR count). The summed E-state index contributed by atoms with van der Waals surface area (Å²) in [5, 5.41) is 0. The van der Waals surface area contributed by atoms with Crippen molar-refractivity contribution in [2.24, 2.45) is 0 Å². The first-order valence-electron chi connectivity index (χ1n) is 10.6. The van der Waals surface area contributed by atoms with Crippen LogP contribution in [0.5, 0.6) is 0 Å². The molecule has 0 unspecified atom stereocenters. The second-order valence-electron chi connectivity index (χ2n) is 7.39. The van der Waals surface area contributed by atoms with Gasteiger partial charge in [0.2, 0.25) is 0 Å². The molecule has 2 aromatic rings. The van der Waals surface area contributed by atoms with Gasteiger partial charge in [-0.2, -0.15) is 0 Å². The maximum Gasteiger partial charge on any atom is 0.338 e. The second kappa shape index (κ2) is 14.1. The minimum Gasteiger partial charge on any atom is -0.461 e. The number of ether oxygens (including phenoxy) is 3. The zero-order chi connectivity index (χ0) is 22.3. The average Bonchev–Trinajstić information content (AvgIpc) is 2.80. The number of carbonyl (C=O) groups is 3. The lowest BCUT2D eigenvalue weighted by Crippen LogP contribution is -2.33. The van der Waals surface area contributed by atoms with Crippen LogP contribution in [-0.2, 0) is 30.4 Å². The number of unbranched alkanes of at least 4 members (excludes halogenated alkanes) is 2. The van der Waals surface area contributed by atoms with Gasteiger partial charge >= 0.3 is 5.97 Å². The first kappa shape index (κ1) is 24.3. The van der Waals surface area contributed by atoms with E-state index in [4.69, 9.17) is 14.2 Å². The standard InChI is InChI=1S/C25H30O6/c1-20(31-25(28)22-14-8-4-9-15-22)11-5-2-10-16-23(30-19-27)24(17-26)29-18-21-12-6-3-7-13-21/h3-4,6-9,12-15,17,19-20,23-24H,2,5,10-11,16,18H2,1H3/t20-,23+,24+/m0/s1. The number of esters is 1. The summed E-state index contributed by atoms with van der Waals surface area (Å²) < 4.78 is 16.2. The molecule has 166 valence electrons. The Morgan fingerprint density at radius 2 is 1.55 bits per heavy atom. The van der Waals surface area contributed by atoms with Crippen molar-refractivity contribution in [3.63, 3.8) is 0 Å². The van der Waals surface area contributed by atoms with E-state index in [1.165, 1.54) is 0 Å². The van der Waals surface area contributed by atoms with E-state index < -0.39 is 12.2 Å². The van der Waals surface area contributed by atoms with E-state index in [2.05, 4.69) is 0 Å². The van der Waals surface area contributed by atoms with E-state index in [9.17, 15) is 14.4 Å². The average molecular weight is 427 g/mol. The van der Waals surface area contributed by atoms with Crippen LogP contribution in [0.15, 0.2) is 60.7 Å². The molecule has 0 heterocycles. The number of carbonyl (C=O) groups excluding carboxylic acids is 3. The summed E-state index contributed by atoms with van der Waals surface area (Å²) in [4.78, 5) is 34.4. The largest absolute Gasteiger partial charge is 0.461 e. The van der Waals surface area contributed by atoms with Gasteiger partial charge in [0.15, 0.2) is 6.29 Å². The lowest BCUT2D eigenvalue weighted by molar-refractivity contribution is -0.147. The molecule has 0 N–H and O–H groups in total. The van der Waals surface area contributed by atoms with Crippen LogP contribution in [0.25, 0.3) is 0 Å². The Morgan fingerprint density at radius 3 is 2.19 bits per heavy atom. The molecule has 0 saturated carbocycles. The van der Waals surface area contributed by atoms with Crippen LogP contribution in [-0.4, -0.2) is 37.0 Å². The molecule has 0 saturated heterocycles. The van der Waals surface area contributed by atoms with E-state index in [1.54, 1.807) is 24.3 Å². The van der Waals surface area contributed by atoms with Crippen LogP contribution in [0.4, 0.5) is 0 Å². The maximum absolute atomic E-state index is 12.1. The van der Waals surface area contributed by atoms with Crippen molar-refractivity contribution in [1.82, 2.24) is 0 Å². The first-order valence-corrected chi connectivity index (χ1v) is 10.6. The topological polar surface area (TPSA) is 78.9 Å². The van der Waals surface area contributed by atoms with Gasteiger partial charge in [-0.15, -0.1) is 0 Å². The Hall–Kier alpha value is -2.99. The van der Waals surface area contributed by atoms with Crippen LogP contribution in [0, 0.1) is 0 Å². The molecule has 3 atom stereocenters. The van der Waals surface area contributed by atoms with Gasteiger partial charge in [-0.05, 0) is 50.3 Å². The Kier molecular flexibility index (Phi) is 11.0. The summed E-state index contributed by atoms with van der Waals surface area (Å²) in [5.41, 5.74) is 1.48. The van der Waals surface area contributed by atoms with Crippen LogP contribution in [0.1, 0.15) is 54.9 Å². The molecule has 0 bridgehead atoms. The third-order valence-corrected chi connectivity index (χ3v) is 4.93. The van der Waals surface area contributed by atoms with Crippen LogP contribution in [0.2, 0.25) is 0 Å². The van der Waals surface area contributed by atoms with Gasteiger partial charge in [-0.25, -0.2) is 4.79 Å². The zero-order valence-electron chi connectivity index (χ0n) is 17.9. The molecule has 0 spiro atoms. The molecule has 0 amide bonds. The molecule has 2 aromatic carbocycles. The van der Waals surface area contributed by atoms with Gasteiger partial charge in [0.25, 0.3) is 6.47 Å². The number of rotatable bonds is 15. The third kappa shape index (κ3) is 9.13. The highest BCUT2D eigenvalue weighted by Crippen LogP contribution is 2.16. The quantitative estimate of drug-likeness (QED) is 0.237. The number of hydrogen-bond acceptors (Lipinski definition) is 6. The van der Waals surface area contributed by atoms with E-state index in [-0.39, 0.29) is 18.7 Å². The second-order valence-corrected chi connectivity index (χ2v) is 7.39. The van der Waals surface area contributed by atoms with E-state index in [0.29, 0.717) is 24.7 Å². The summed E-state index contributed by atoms with van der Waals surface area (Å²) in [6, 6.07) is 18.4. The molecule has 0 aliphatic rings. The fourth-order valence-electron chi connectivity index (χ4n) is 3.22. The molecular formula is C25H30O6. The molecular weight excluding hydrogens is 396 g/mol. The van der Waals surface area contributed by atoms with Gasteiger partial charge in [-0.1, -0.05) is 55.0 Å². The summed E-state index contributed by atoms with van der Waals surface area (Å²) in [6.07, 6.45) is 2.80. The van der Waals surface area contributed by atoms with E-state index >= 15 is 0 Å². The fraction of sp³-hybridized carbons (Fsp3) is 0.400. The van der Waals surface area contributed by atoms with Crippen LogP contribution >= 0.6 is 0 Å². The number of benzene rings is 2. The van der Waals surface area contributed by atoms with Gasteiger partial charge in [-0.3, -0.25) is 4.79 Å². The lowest BCUT2D eigenvalue weighted by Gasteiger charge is -2.22. The Balaban J connectivity index is 1.69. The van der Waals surface area contributed by atoms with Crippen molar-refractivity contribution < 1.29 is 28.6 Å². The van der Waals surface area contributed by atoms with Crippen molar-refractivity contribution >= 4 is 18.7 Å². The minimum atomic E-state index is -0.809. The third-order valence-electron chi connectivity index (χ3n) is 4.93. The van der Waals surface area contributed by atoms with Gasteiger partial charge in [0.1, 0.15) is 12.2 Å². The molecule has 6 nitrogen and oxygen atoms in total. The predicted molar refractivity (Wildman–Crippen MR) is 116 cm³/mol. The van der Waals surface area contributed by atoms with Crippen molar-refractivity contribution in [3.8, 4) is 0 Å². The Bertz CT molecular complexity index is 777. The zero-order valence-corrected chi connectivity index (χ0v) is 17.9. The Labute approximate surface area is 183 Å². The summed E-state index contributed by atoms with van der Waals surface area (Å²) in [6.45, 7) is 2.50. The van der Waals surface area contributed by atoms with Crippen molar-refractivity contribution in [2.45, 2.75) is 63.9 Å². The van der Waals surface area contributed by atoms with Gasteiger partial charge < -0.3 is 19.0 Å². The van der Waals surface area contributed by atoms with Crippen molar-refractivity contribution in [3.05, 3.63) is 71.8 Å². The van der Waals surface area contributed by atoms with E-state index in [1.807, 2.05) is 43.3 Å². The maximum atomic E-state index is 12.1. The monoisotopic (exact) mass is 426 g/mol. The smallest absolute Gasteiger partial charge is 0.338 e. The van der Waals surface area contributed by atoms with E-state index in [0.717, 1.165) is 31.2 Å². The molecule has 0 aromatic heterocycles. The highest BCUT2D eigenvalue weighted by Gasteiger charge is 2.23. The first-order chi connectivity index (χ1) is 15.1. The molecule has 6 heteroatoms. The lowest BCUT2D eigenvalue weighted by atomic mass is 10.0. The molecule has 0 radical (unpaired) electrons.